The van der Waals surface area contributed by atoms with E-state index in [2.05, 4.69) is 0 Å². The van der Waals surface area contributed by atoms with Crippen LogP contribution in [0.3, 0.4) is 0 Å². The van der Waals surface area contributed by atoms with E-state index in [9.17, 15) is 44.6 Å². The lowest BCUT2D eigenvalue weighted by molar-refractivity contribution is -0.144. The zero-order chi connectivity index (χ0) is 30.7. The number of ether oxygens (including phenoxy) is 1. The number of hydrogen-bond donors (Lipinski definition) is 1. The molecule has 0 bridgehead atoms. The maximum absolute atomic E-state index is 13.6. The minimum atomic E-state index is -4.69. The van der Waals surface area contributed by atoms with Gasteiger partial charge in [-0.25, -0.2) is 0 Å². The summed E-state index contributed by atoms with van der Waals surface area (Å²) in [6.07, 6.45) is -18.2. The summed E-state index contributed by atoms with van der Waals surface area (Å²) >= 11 is 0. The first-order valence-corrected chi connectivity index (χ1v) is 12.8. The quantitative estimate of drug-likeness (QED) is 0.224. The van der Waals surface area contributed by atoms with Crippen LogP contribution in [0.15, 0.2) is 66.7 Å². The van der Waals surface area contributed by atoms with Gasteiger partial charge in [0.25, 0.3) is 0 Å². The Bertz CT molecular complexity index is 1610. The summed E-state index contributed by atoms with van der Waals surface area (Å²) in [6, 6.07) is 14.6. The van der Waals surface area contributed by atoms with Gasteiger partial charge in [-0.05, 0) is 94.1 Å². The number of phenols is 1. The van der Waals surface area contributed by atoms with Crippen molar-refractivity contribution in [3.05, 3.63) is 83.4 Å². The number of rotatable bonds is 6. The highest BCUT2D eigenvalue weighted by atomic mass is 19.4. The average molecular weight is 599 g/mol. The lowest BCUT2D eigenvalue weighted by atomic mass is 9.70. The molecule has 1 aliphatic carbocycles. The molecule has 0 saturated carbocycles. The SMILES string of the molecule is COc1ccc2c3c(cc(O)c2c1)C(CCC(F)(F)F)(CCC(F)(F)F)c1cc(-c2ccc(C(F)(F)F)cc2)ccc1-3. The fourth-order valence-corrected chi connectivity index (χ4v) is 5.89. The summed E-state index contributed by atoms with van der Waals surface area (Å²) in [6.45, 7) is 0. The van der Waals surface area contributed by atoms with Crippen LogP contribution < -0.4 is 4.74 Å². The Hall–Kier alpha value is -3.89. The minimum Gasteiger partial charge on any atom is -0.507 e. The van der Waals surface area contributed by atoms with E-state index < -0.39 is 55.2 Å². The smallest absolute Gasteiger partial charge is 0.416 e. The molecular formula is C31H23F9O2. The van der Waals surface area contributed by atoms with Crippen molar-refractivity contribution < 1.29 is 49.4 Å². The minimum absolute atomic E-state index is 0.130. The Morgan fingerprint density at radius 2 is 1.26 bits per heavy atom. The van der Waals surface area contributed by atoms with E-state index in [0.29, 0.717) is 38.8 Å². The van der Waals surface area contributed by atoms with Crippen LogP contribution in [0.4, 0.5) is 39.5 Å². The van der Waals surface area contributed by atoms with Gasteiger partial charge in [-0.2, -0.15) is 39.5 Å². The van der Waals surface area contributed by atoms with E-state index in [1.807, 2.05) is 0 Å². The topological polar surface area (TPSA) is 29.5 Å². The lowest BCUT2D eigenvalue weighted by Gasteiger charge is -2.33. The van der Waals surface area contributed by atoms with Crippen LogP contribution >= 0.6 is 0 Å². The molecule has 42 heavy (non-hydrogen) atoms. The molecule has 5 rings (SSSR count). The Kier molecular flexibility index (Phi) is 7.14. The summed E-state index contributed by atoms with van der Waals surface area (Å²) < 4.78 is 126. The average Bonchev–Trinajstić information content (AvgIpc) is 3.18. The Balaban J connectivity index is 1.78. The number of hydrogen-bond acceptors (Lipinski definition) is 2. The monoisotopic (exact) mass is 598 g/mol. The molecule has 0 spiro atoms. The third-order valence-electron chi connectivity index (χ3n) is 7.86. The number of benzene rings is 4. The van der Waals surface area contributed by atoms with Crippen molar-refractivity contribution in [1.29, 1.82) is 0 Å². The fraction of sp³-hybridized carbons (Fsp3) is 0.290. The van der Waals surface area contributed by atoms with Crippen LogP contribution in [0.25, 0.3) is 33.0 Å². The van der Waals surface area contributed by atoms with Gasteiger partial charge in [0, 0.05) is 23.6 Å². The molecule has 1 aliphatic rings. The second kappa shape index (κ2) is 10.1. The van der Waals surface area contributed by atoms with E-state index in [1.165, 1.54) is 37.4 Å². The van der Waals surface area contributed by atoms with Gasteiger partial charge >= 0.3 is 18.5 Å². The molecule has 11 heteroatoms. The fourth-order valence-electron chi connectivity index (χ4n) is 5.89. The molecule has 0 unspecified atom stereocenters. The maximum Gasteiger partial charge on any atom is 0.416 e. The van der Waals surface area contributed by atoms with Crippen LogP contribution in [0.2, 0.25) is 0 Å². The van der Waals surface area contributed by atoms with Crippen molar-refractivity contribution in [3.63, 3.8) is 0 Å². The van der Waals surface area contributed by atoms with Gasteiger partial charge in [0.05, 0.1) is 12.7 Å². The standard InChI is InChI=1S/C31H23F9O2/c1-42-20-7-9-21-23(15-20)26(41)16-25-27(21)22-8-4-18(17-2-5-19(6-3-17)31(38,39)40)14-24(22)28(25,10-12-29(32,33)34)11-13-30(35,36)37/h2-9,14-16,41H,10-13H2,1H3. The summed E-state index contributed by atoms with van der Waals surface area (Å²) in [4.78, 5) is 0. The van der Waals surface area contributed by atoms with E-state index in [1.54, 1.807) is 24.3 Å². The Labute approximate surface area is 234 Å². The van der Waals surface area contributed by atoms with Crippen LogP contribution in [0.1, 0.15) is 42.4 Å². The lowest BCUT2D eigenvalue weighted by Crippen LogP contribution is -2.30. The Morgan fingerprint density at radius 1 is 0.667 bits per heavy atom. The molecule has 1 N–H and O–H groups in total. The molecule has 0 heterocycles. The van der Waals surface area contributed by atoms with E-state index in [4.69, 9.17) is 4.74 Å². The third-order valence-corrected chi connectivity index (χ3v) is 7.86. The van der Waals surface area contributed by atoms with Gasteiger partial charge < -0.3 is 9.84 Å². The normalized spacial score (nSPS) is 14.6. The molecule has 0 aliphatic heterocycles. The molecule has 0 fully saturated rings. The number of halogens is 9. The van der Waals surface area contributed by atoms with Gasteiger partial charge in [-0.1, -0.05) is 24.3 Å². The summed E-state index contributed by atoms with van der Waals surface area (Å²) in [7, 11) is 1.41. The molecule has 222 valence electrons. The highest BCUT2D eigenvalue weighted by molar-refractivity contribution is 6.06. The number of fused-ring (bicyclic) bond motifs is 5. The molecule has 0 amide bonds. The Morgan fingerprint density at radius 3 is 1.81 bits per heavy atom. The predicted octanol–water partition coefficient (Wildman–Crippen LogP) is 10.2. The van der Waals surface area contributed by atoms with Crippen molar-refractivity contribution >= 4 is 10.8 Å². The summed E-state index contributed by atoms with van der Waals surface area (Å²) in [5, 5.41) is 11.7. The largest absolute Gasteiger partial charge is 0.507 e. The van der Waals surface area contributed by atoms with Crippen molar-refractivity contribution in [2.45, 2.75) is 49.6 Å². The van der Waals surface area contributed by atoms with Crippen molar-refractivity contribution in [1.82, 2.24) is 0 Å². The van der Waals surface area contributed by atoms with Gasteiger partial charge in [0.2, 0.25) is 0 Å². The molecule has 4 aromatic rings. The summed E-state index contributed by atoms with van der Waals surface area (Å²) in [5.74, 6) is 0.0517. The second-order valence-corrected chi connectivity index (χ2v) is 10.4. The second-order valence-electron chi connectivity index (χ2n) is 10.4. The van der Waals surface area contributed by atoms with Crippen molar-refractivity contribution in [3.8, 4) is 33.8 Å². The number of methoxy groups -OCH3 is 1. The maximum atomic E-state index is 13.6. The number of alkyl halides is 9. The van der Waals surface area contributed by atoms with Gasteiger partial charge in [-0.3, -0.25) is 0 Å². The zero-order valence-corrected chi connectivity index (χ0v) is 21.9. The highest BCUT2D eigenvalue weighted by Crippen LogP contribution is 2.59. The van der Waals surface area contributed by atoms with E-state index >= 15 is 0 Å². The first-order chi connectivity index (χ1) is 19.5. The molecule has 0 aromatic heterocycles. The van der Waals surface area contributed by atoms with Gasteiger partial charge in [-0.15, -0.1) is 0 Å². The van der Waals surface area contributed by atoms with Gasteiger partial charge in [0.1, 0.15) is 11.5 Å². The molecule has 2 nitrogen and oxygen atoms in total. The number of aromatic hydroxyl groups is 1. The van der Waals surface area contributed by atoms with Crippen LogP contribution in [-0.2, 0) is 11.6 Å². The van der Waals surface area contributed by atoms with Crippen LogP contribution in [0, 0.1) is 0 Å². The molecule has 0 saturated heterocycles. The van der Waals surface area contributed by atoms with Crippen molar-refractivity contribution in [2.24, 2.45) is 0 Å². The van der Waals surface area contributed by atoms with Crippen LogP contribution in [0.5, 0.6) is 11.5 Å². The first kappa shape index (κ1) is 29.6. The molecule has 0 atom stereocenters. The van der Waals surface area contributed by atoms with Gasteiger partial charge in [0.15, 0.2) is 0 Å². The number of phenolic OH excluding ortho intramolecular Hbond substituents is 1. The summed E-state index contributed by atoms with van der Waals surface area (Å²) in [5.41, 5.74) is -0.972. The highest BCUT2D eigenvalue weighted by Gasteiger charge is 2.48. The van der Waals surface area contributed by atoms with Crippen molar-refractivity contribution in [2.75, 3.05) is 7.11 Å². The molecule has 4 aromatic carbocycles. The van der Waals surface area contributed by atoms with E-state index in [0.717, 1.165) is 12.1 Å². The third kappa shape index (κ3) is 5.48. The molecule has 0 radical (unpaired) electrons. The zero-order valence-electron chi connectivity index (χ0n) is 21.9. The van der Waals surface area contributed by atoms with Crippen LogP contribution in [-0.4, -0.2) is 24.6 Å². The van der Waals surface area contributed by atoms with E-state index in [-0.39, 0.29) is 16.9 Å². The first-order valence-electron chi connectivity index (χ1n) is 12.8. The predicted molar refractivity (Wildman–Crippen MR) is 139 cm³/mol. The molecular weight excluding hydrogens is 575 g/mol.